The number of carbonyl (C=O) groups is 1. The fraction of sp³-hybridized carbons (Fsp3) is 0.533. The summed E-state index contributed by atoms with van der Waals surface area (Å²) >= 11 is 0. The zero-order valence-electron chi connectivity index (χ0n) is 11.9. The van der Waals surface area contributed by atoms with Crippen LogP contribution in [0.15, 0.2) is 36.6 Å². The lowest BCUT2D eigenvalue weighted by atomic mass is 9.99. The van der Waals surface area contributed by atoms with Crippen LogP contribution in [0.25, 0.3) is 0 Å². The molecule has 4 nitrogen and oxygen atoms in total. The zero-order valence-corrected chi connectivity index (χ0v) is 11.9. The molecule has 0 aromatic carbocycles. The van der Waals surface area contributed by atoms with E-state index in [9.17, 15) is 4.79 Å². The summed E-state index contributed by atoms with van der Waals surface area (Å²) in [6.07, 6.45) is 5.75. The maximum Gasteiger partial charge on any atom is 0.335 e. The van der Waals surface area contributed by atoms with E-state index in [1.165, 1.54) is 7.11 Å². The number of rotatable bonds is 7. The van der Waals surface area contributed by atoms with Gasteiger partial charge >= 0.3 is 5.97 Å². The van der Waals surface area contributed by atoms with Crippen LogP contribution in [0.4, 0.5) is 0 Å². The van der Waals surface area contributed by atoms with E-state index < -0.39 is 0 Å². The number of carbonyl (C=O) groups excluding carboxylic acids is 1. The number of esters is 1. The standard InChI is InChI=1S/C15H23NO3/c1-5-10-16-13(7-3)12(15(17)18-4)8-9-14(16)19-11-6-2/h5-6,14H,1-2,7-11H2,3-4H3. The highest BCUT2D eigenvalue weighted by molar-refractivity contribution is 5.89. The second kappa shape index (κ2) is 7.79. The van der Waals surface area contributed by atoms with Gasteiger partial charge in [-0.3, -0.25) is 0 Å². The summed E-state index contributed by atoms with van der Waals surface area (Å²) in [5, 5.41) is 0. The monoisotopic (exact) mass is 265 g/mol. The first-order valence-electron chi connectivity index (χ1n) is 6.59. The van der Waals surface area contributed by atoms with Crippen molar-refractivity contribution in [3.63, 3.8) is 0 Å². The Bertz CT molecular complexity index is 374. The quantitative estimate of drug-likeness (QED) is 0.524. The smallest absolute Gasteiger partial charge is 0.335 e. The average Bonchev–Trinajstić information content (AvgIpc) is 2.44. The van der Waals surface area contributed by atoms with Crippen LogP contribution in [0.3, 0.4) is 0 Å². The summed E-state index contributed by atoms with van der Waals surface area (Å²) in [6, 6.07) is 0. The predicted octanol–water partition coefficient (Wildman–Crippen LogP) is 2.63. The molecule has 0 aromatic heterocycles. The molecule has 4 heteroatoms. The van der Waals surface area contributed by atoms with Crippen LogP contribution in [0.1, 0.15) is 26.2 Å². The van der Waals surface area contributed by atoms with Crippen molar-refractivity contribution >= 4 is 5.97 Å². The van der Waals surface area contributed by atoms with Crippen molar-refractivity contribution in [2.75, 3.05) is 20.3 Å². The van der Waals surface area contributed by atoms with Crippen LogP contribution in [-0.2, 0) is 14.3 Å². The number of hydrogen-bond acceptors (Lipinski definition) is 4. The highest BCUT2D eigenvalue weighted by Gasteiger charge is 2.30. The molecule has 1 heterocycles. The summed E-state index contributed by atoms with van der Waals surface area (Å²) in [5.41, 5.74) is 1.75. The lowest BCUT2D eigenvalue weighted by Crippen LogP contribution is -2.41. The van der Waals surface area contributed by atoms with E-state index in [1.807, 2.05) is 13.0 Å². The number of nitrogens with zero attached hydrogens (tertiary/aromatic N) is 1. The van der Waals surface area contributed by atoms with Crippen LogP contribution >= 0.6 is 0 Å². The molecule has 1 unspecified atom stereocenters. The van der Waals surface area contributed by atoms with E-state index in [2.05, 4.69) is 18.1 Å². The minimum absolute atomic E-state index is 0.0284. The molecule has 0 radical (unpaired) electrons. The Balaban J connectivity index is 3.01. The van der Waals surface area contributed by atoms with Crippen molar-refractivity contribution in [2.45, 2.75) is 32.4 Å². The van der Waals surface area contributed by atoms with Crippen LogP contribution < -0.4 is 0 Å². The summed E-state index contributed by atoms with van der Waals surface area (Å²) in [4.78, 5) is 13.9. The minimum atomic E-state index is -0.243. The van der Waals surface area contributed by atoms with E-state index >= 15 is 0 Å². The third kappa shape index (κ3) is 3.70. The zero-order chi connectivity index (χ0) is 14.3. The molecule has 0 saturated heterocycles. The minimum Gasteiger partial charge on any atom is -0.466 e. The van der Waals surface area contributed by atoms with Gasteiger partial charge in [-0.2, -0.15) is 0 Å². The normalized spacial score (nSPS) is 19.3. The van der Waals surface area contributed by atoms with E-state index in [-0.39, 0.29) is 12.2 Å². The highest BCUT2D eigenvalue weighted by atomic mass is 16.5. The van der Waals surface area contributed by atoms with Crippen molar-refractivity contribution < 1.29 is 14.3 Å². The Hall–Kier alpha value is -1.55. The van der Waals surface area contributed by atoms with Crippen LogP contribution in [0.5, 0.6) is 0 Å². The summed E-state index contributed by atoms with van der Waals surface area (Å²) in [6.45, 7) is 10.6. The lowest BCUT2D eigenvalue weighted by molar-refractivity contribution is -0.137. The predicted molar refractivity (Wildman–Crippen MR) is 75.4 cm³/mol. The van der Waals surface area contributed by atoms with E-state index in [0.29, 0.717) is 19.6 Å². The Morgan fingerprint density at radius 2 is 2.21 bits per heavy atom. The fourth-order valence-electron chi connectivity index (χ4n) is 2.39. The molecule has 0 saturated carbocycles. The highest BCUT2D eigenvalue weighted by Crippen LogP contribution is 2.30. The molecule has 1 aliphatic rings. The van der Waals surface area contributed by atoms with Crippen molar-refractivity contribution in [1.82, 2.24) is 4.90 Å². The molecule has 0 spiro atoms. The summed E-state index contributed by atoms with van der Waals surface area (Å²) in [7, 11) is 1.42. The van der Waals surface area contributed by atoms with E-state index in [0.717, 1.165) is 24.1 Å². The molecular weight excluding hydrogens is 242 g/mol. The van der Waals surface area contributed by atoms with Crippen molar-refractivity contribution in [2.24, 2.45) is 0 Å². The van der Waals surface area contributed by atoms with Gasteiger partial charge in [0.05, 0.1) is 19.3 Å². The molecule has 0 bridgehead atoms. The summed E-state index contributed by atoms with van der Waals surface area (Å²) in [5.74, 6) is -0.243. The van der Waals surface area contributed by atoms with Gasteiger partial charge in [-0.15, -0.1) is 13.2 Å². The van der Waals surface area contributed by atoms with Gasteiger partial charge in [0.25, 0.3) is 0 Å². The van der Waals surface area contributed by atoms with Crippen LogP contribution in [-0.4, -0.2) is 37.4 Å². The first kappa shape index (κ1) is 15.5. The fourth-order valence-corrected chi connectivity index (χ4v) is 2.39. The largest absolute Gasteiger partial charge is 0.466 e. The maximum atomic E-state index is 11.8. The molecule has 1 aliphatic heterocycles. The first-order chi connectivity index (χ1) is 9.19. The molecule has 0 N–H and O–H groups in total. The van der Waals surface area contributed by atoms with Gasteiger partial charge < -0.3 is 14.4 Å². The van der Waals surface area contributed by atoms with Gasteiger partial charge in [0.15, 0.2) is 0 Å². The van der Waals surface area contributed by atoms with Crippen LogP contribution in [0.2, 0.25) is 0 Å². The van der Waals surface area contributed by atoms with Gasteiger partial charge in [-0.1, -0.05) is 19.1 Å². The third-order valence-corrected chi connectivity index (χ3v) is 3.18. The molecule has 106 valence electrons. The third-order valence-electron chi connectivity index (χ3n) is 3.18. The molecule has 0 aliphatic carbocycles. The van der Waals surface area contributed by atoms with Gasteiger partial charge in [-0.25, -0.2) is 4.79 Å². The van der Waals surface area contributed by atoms with Crippen LogP contribution in [0, 0.1) is 0 Å². The van der Waals surface area contributed by atoms with Gasteiger partial charge in [0, 0.05) is 12.2 Å². The Kier molecular flexibility index (Phi) is 6.36. The van der Waals surface area contributed by atoms with E-state index in [4.69, 9.17) is 9.47 Å². The van der Waals surface area contributed by atoms with Crippen molar-refractivity contribution in [3.8, 4) is 0 Å². The number of hydrogen-bond donors (Lipinski definition) is 0. The second-order valence-electron chi connectivity index (χ2n) is 4.33. The molecule has 0 amide bonds. The lowest BCUT2D eigenvalue weighted by Gasteiger charge is -2.38. The van der Waals surface area contributed by atoms with Crippen molar-refractivity contribution in [1.29, 1.82) is 0 Å². The molecule has 1 rings (SSSR count). The number of allylic oxidation sites excluding steroid dienone is 1. The first-order valence-corrected chi connectivity index (χ1v) is 6.59. The van der Waals surface area contributed by atoms with Crippen molar-refractivity contribution in [3.05, 3.63) is 36.6 Å². The SMILES string of the molecule is C=CCOC1CCC(C(=O)OC)=C(CC)N1CC=C. The number of methoxy groups -OCH3 is 1. The average molecular weight is 265 g/mol. The molecule has 1 atom stereocenters. The van der Waals surface area contributed by atoms with E-state index in [1.54, 1.807) is 6.08 Å². The Morgan fingerprint density at radius 1 is 1.47 bits per heavy atom. The topological polar surface area (TPSA) is 38.8 Å². The second-order valence-corrected chi connectivity index (χ2v) is 4.33. The number of ether oxygens (including phenoxy) is 2. The molecule has 0 fully saturated rings. The molecular formula is C15H23NO3. The molecule has 0 aromatic rings. The van der Waals surface area contributed by atoms with Gasteiger partial charge in [-0.05, 0) is 19.3 Å². The summed E-state index contributed by atoms with van der Waals surface area (Å²) < 4.78 is 10.6. The maximum absolute atomic E-state index is 11.8. The molecule has 19 heavy (non-hydrogen) atoms. The Labute approximate surface area is 115 Å². The Morgan fingerprint density at radius 3 is 2.74 bits per heavy atom. The van der Waals surface area contributed by atoms with Gasteiger partial charge in [0.1, 0.15) is 6.23 Å². The van der Waals surface area contributed by atoms with Gasteiger partial charge in [0.2, 0.25) is 0 Å².